The fourth-order valence-electron chi connectivity index (χ4n) is 3.35. The molecule has 0 aromatic carbocycles. The minimum absolute atomic E-state index is 0.234. The van der Waals surface area contributed by atoms with E-state index in [4.69, 9.17) is 9.26 Å². The van der Waals surface area contributed by atoms with Crippen LogP contribution in [0.25, 0.3) is 0 Å². The number of hydrogen-bond acceptors (Lipinski definition) is 6. The molecule has 142 valence electrons. The first-order valence-electron chi connectivity index (χ1n) is 9.91. The molecular formula is C20H24N4O3. The fourth-order valence-corrected chi connectivity index (χ4v) is 3.35. The molecule has 0 saturated heterocycles. The number of nitrogens with one attached hydrogen (secondary N) is 1. The summed E-state index contributed by atoms with van der Waals surface area (Å²) >= 11 is 0. The molecule has 1 N–H and O–H groups in total. The summed E-state index contributed by atoms with van der Waals surface area (Å²) < 4.78 is 11.1. The molecule has 0 spiro atoms. The van der Waals surface area contributed by atoms with E-state index in [9.17, 15) is 4.79 Å². The topological polar surface area (TPSA) is 90.1 Å². The zero-order valence-corrected chi connectivity index (χ0v) is 15.5. The predicted octanol–water partition coefficient (Wildman–Crippen LogP) is 3.32. The van der Waals surface area contributed by atoms with Crippen LogP contribution in [0.2, 0.25) is 0 Å². The van der Waals surface area contributed by atoms with Gasteiger partial charge in [0.1, 0.15) is 0 Å². The normalized spacial score (nSPS) is 20.3. The highest BCUT2D eigenvalue weighted by molar-refractivity contribution is 5.95. The van der Waals surface area contributed by atoms with E-state index in [1.54, 1.807) is 6.92 Å². The maximum atomic E-state index is 13.0. The van der Waals surface area contributed by atoms with Gasteiger partial charge in [-0.1, -0.05) is 5.16 Å². The molecule has 3 aliphatic rings. The highest BCUT2D eigenvalue weighted by Gasteiger charge is 2.37. The number of aromatic nitrogens is 3. The van der Waals surface area contributed by atoms with E-state index in [1.807, 2.05) is 12.3 Å². The molecule has 7 heteroatoms. The Morgan fingerprint density at radius 2 is 2.11 bits per heavy atom. The number of amides is 1. The van der Waals surface area contributed by atoms with Crippen LogP contribution in [-0.4, -0.2) is 27.6 Å². The fraction of sp³-hybridized carbons (Fsp3) is 0.600. The Kier molecular flexibility index (Phi) is 4.10. The highest BCUT2D eigenvalue weighted by Crippen LogP contribution is 2.42. The van der Waals surface area contributed by atoms with Crippen LogP contribution < -0.4 is 10.1 Å². The lowest BCUT2D eigenvalue weighted by Gasteiger charge is -2.16. The molecule has 0 radical (unpaired) electrons. The molecule has 1 unspecified atom stereocenters. The third-order valence-corrected chi connectivity index (χ3v) is 5.51. The molecular weight excluding hydrogens is 344 g/mol. The number of pyridine rings is 1. The maximum absolute atomic E-state index is 13.0. The molecule has 3 fully saturated rings. The van der Waals surface area contributed by atoms with Gasteiger partial charge in [0, 0.05) is 13.1 Å². The van der Waals surface area contributed by atoms with Gasteiger partial charge >= 0.3 is 0 Å². The van der Waals surface area contributed by atoms with Crippen molar-refractivity contribution in [3.05, 3.63) is 35.2 Å². The van der Waals surface area contributed by atoms with Gasteiger partial charge in [-0.25, -0.2) is 4.98 Å². The van der Waals surface area contributed by atoms with Crippen molar-refractivity contribution in [2.24, 2.45) is 11.8 Å². The summed E-state index contributed by atoms with van der Waals surface area (Å²) in [4.78, 5) is 21.8. The molecule has 2 aromatic rings. The zero-order chi connectivity index (χ0) is 18.4. The molecule has 5 rings (SSSR count). The summed E-state index contributed by atoms with van der Waals surface area (Å²) in [5, 5.41) is 7.07. The summed E-state index contributed by atoms with van der Waals surface area (Å²) in [6, 6.07) is 1.77. The Morgan fingerprint density at radius 1 is 1.30 bits per heavy atom. The monoisotopic (exact) mass is 368 g/mol. The maximum Gasteiger partial charge on any atom is 0.274 e. The summed E-state index contributed by atoms with van der Waals surface area (Å²) in [5.41, 5.74) is 1.52. The lowest BCUT2D eigenvalue weighted by atomic mass is 10.1. The average Bonchev–Trinajstić information content (AvgIpc) is 3.54. The van der Waals surface area contributed by atoms with Crippen LogP contribution in [0.4, 0.5) is 0 Å². The van der Waals surface area contributed by atoms with Crippen LogP contribution in [0.3, 0.4) is 0 Å². The summed E-state index contributed by atoms with van der Waals surface area (Å²) in [6.45, 7) is 2.41. The van der Waals surface area contributed by atoms with Crippen molar-refractivity contribution < 1.29 is 14.1 Å². The number of carbonyl (C=O) groups is 1. The van der Waals surface area contributed by atoms with Gasteiger partial charge < -0.3 is 14.6 Å². The molecule has 27 heavy (non-hydrogen) atoms. The minimum Gasteiger partial charge on any atom is -0.491 e. The number of ether oxygens (including phenoxy) is 1. The number of nitrogens with zero attached hydrogens (tertiary/aromatic N) is 3. The number of hydrogen-bond donors (Lipinski definition) is 1. The molecule has 2 aromatic heterocycles. The zero-order valence-electron chi connectivity index (χ0n) is 15.5. The molecule has 3 aliphatic carbocycles. The number of aryl methyl sites for hydroxylation is 1. The van der Waals surface area contributed by atoms with Gasteiger partial charge in [-0.3, -0.25) is 4.79 Å². The van der Waals surface area contributed by atoms with E-state index < -0.39 is 0 Å². The van der Waals surface area contributed by atoms with Gasteiger partial charge in [0.2, 0.25) is 5.89 Å². The van der Waals surface area contributed by atoms with Crippen LogP contribution >= 0.6 is 0 Å². The van der Waals surface area contributed by atoms with Crippen LogP contribution in [0, 0.1) is 18.8 Å². The predicted molar refractivity (Wildman–Crippen MR) is 96.4 cm³/mol. The van der Waals surface area contributed by atoms with Crippen LogP contribution in [0.5, 0.6) is 5.75 Å². The molecule has 1 amide bonds. The van der Waals surface area contributed by atoms with E-state index in [0.717, 1.165) is 12.8 Å². The van der Waals surface area contributed by atoms with Crippen molar-refractivity contribution in [3.8, 4) is 5.75 Å². The second-order valence-electron chi connectivity index (χ2n) is 8.10. The summed E-state index contributed by atoms with van der Waals surface area (Å²) in [5.74, 6) is 2.95. The van der Waals surface area contributed by atoms with Crippen LogP contribution in [0.1, 0.15) is 78.3 Å². The average molecular weight is 368 g/mol. The quantitative estimate of drug-likeness (QED) is 0.769. The third kappa shape index (κ3) is 3.82. The van der Waals surface area contributed by atoms with E-state index >= 15 is 0 Å². The Labute approximate surface area is 157 Å². The van der Waals surface area contributed by atoms with Gasteiger partial charge in [0.05, 0.1) is 12.6 Å². The van der Waals surface area contributed by atoms with Crippen molar-refractivity contribution >= 4 is 5.91 Å². The summed E-state index contributed by atoms with van der Waals surface area (Å²) in [6.07, 6.45) is 8.72. The third-order valence-electron chi connectivity index (χ3n) is 5.51. The molecule has 2 heterocycles. The van der Waals surface area contributed by atoms with E-state index in [2.05, 4.69) is 20.4 Å². The standard InChI is InChI=1S/C20H24N4O3/c1-11-22-19(24-27-11)17(14-6-7-14)23-20(25)18-16(26-10-12-2-3-12)8-15(9-21-18)13-4-5-13/h8-9,12-14,17H,2-7,10H2,1H3,(H,23,25). The van der Waals surface area contributed by atoms with Gasteiger partial charge in [-0.15, -0.1) is 0 Å². The second kappa shape index (κ2) is 6.62. The smallest absolute Gasteiger partial charge is 0.274 e. The number of rotatable bonds is 8. The molecule has 7 nitrogen and oxygen atoms in total. The summed E-state index contributed by atoms with van der Waals surface area (Å²) in [7, 11) is 0. The van der Waals surface area contributed by atoms with Crippen molar-refractivity contribution in [1.82, 2.24) is 20.4 Å². The van der Waals surface area contributed by atoms with Crippen LogP contribution in [-0.2, 0) is 0 Å². The van der Waals surface area contributed by atoms with E-state index in [1.165, 1.54) is 31.2 Å². The van der Waals surface area contributed by atoms with Crippen molar-refractivity contribution in [3.63, 3.8) is 0 Å². The Hall–Kier alpha value is -2.44. The molecule has 0 bridgehead atoms. The minimum atomic E-state index is -0.240. The van der Waals surface area contributed by atoms with Gasteiger partial charge in [0.15, 0.2) is 17.3 Å². The molecule has 1 atom stereocenters. The first kappa shape index (κ1) is 16.7. The first-order valence-corrected chi connectivity index (χ1v) is 9.91. The van der Waals surface area contributed by atoms with Gasteiger partial charge in [-0.2, -0.15) is 4.98 Å². The Balaban J connectivity index is 1.37. The number of carbonyl (C=O) groups excluding carboxylic acids is 1. The lowest BCUT2D eigenvalue weighted by Crippen LogP contribution is -2.31. The Morgan fingerprint density at radius 3 is 2.74 bits per heavy atom. The highest BCUT2D eigenvalue weighted by atomic mass is 16.5. The van der Waals surface area contributed by atoms with Crippen molar-refractivity contribution in [2.75, 3.05) is 6.61 Å². The second-order valence-corrected chi connectivity index (χ2v) is 8.10. The van der Waals surface area contributed by atoms with Crippen molar-refractivity contribution in [2.45, 2.75) is 57.4 Å². The first-order chi connectivity index (χ1) is 13.2. The van der Waals surface area contributed by atoms with Gasteiger partial charge in [-0.05, 0) is 67.9 Å². The molecule has 3 saturated carbocycles. The van der Waals surface area contributed by atoms with E-state index in [-0.39, 0.29) is 11.9 Å². The van der Waals surface area contributed by atoms with Gasteiger partial charge in [0.25, 0.3) is 5.91 Å². The van der Waals surface area contributed by atoms with E-state index in [0.29, 0.717) is 47.5 Å². The SMILES string of the molecule is Cc1nc(C(NC(=O)c2ncc(C3CC3)cc2OCC2CC2)C2CC2)no1. The van der Waals surface area contributed by atoms with Crippen molar-refractivity contribution in [1.29, 1.82) is 0 Å². The van der Waals surface area contributed by atoms with Crippen LogP contribution in [0.15, 0.2) is 16.8 Å². The Bertz CT molecular complexity index is 853. The molecule has 0 aliphatic heterocycles. The largest absolute Gasteiger partial charge is 0.491 e. The lowest BCUT2D eigenvalue weighted by molar-refractivity contribution is 0.0919.